The van der Waals surface area contributed by atoms with Gasteiger partial charge in [-0.15, -0.1) is 0 Å². The lowest BCUT2D eigenvalue weighted by atomic mass is 10.3. The van der Waals surface area contributed by atoms with Crippen molar-refractivity contribution in [2.45, 2.75) is 6.04 Å². The smallest absolute Gasteiger partial charge is 0.235 e. The Labute approximate surface area is 64.5 Å². The first kappa shape index (κ1) is 9.74. The van der Waals surface area contributed by atoms with Gasteiger partial charge in [0.1, 0.15) is 0 Å². The third-order valence-electron chi connectivity index (χ3n) is 0.925. The second-order valence-electron chi connectivity index (χ2n) is 1.87. The molecular weight excluding hydrogens is 150 g/mol. The molecule has 0 aromatic rings. The molecule has 1 atom stereocenters. The van der Waals surface area contributed by atoms with E-state index in [2.05, 4.69) is 0 Å². The largest absolute Gasteiger partial charge is 0.368 e. The Balaban J connectivity index is 3.21. The first-order valence-corrected chi connectivity index (χ1v) is 4.16. The molecule has 0 unspecified atom stereocenters. The van der Waals surface area contributed by atoms with Crippen LogP contribution in [0, 0.1) is 0 Å². The molecule has 0 aromatic heterocycles. The van der Waals surface area contributed by atoms with Crippen molar-refractivity contribution in [1.29, 1.82) is 0 Å². The molecular formula is C5H13N3OS. The molecule has 0 aliphatic carbocycles. The number of carbonyl (C=O) groups excluding carboxylic acids is 1. The molecule has 0 fully saturated rings. The van der Waals surface area contributed by atoms with Gasteiger partial charge < -0.3 is 17.2 Å². The lowest BCUT2D eigenvalue weighted by Gasteiger charge is -2.04. The highest BCUT2D eigenvalue weighted by molar-refractivity contribution is 7.99. The molecule has 0 aromatic carbocycles. The molecule has 0 spiro atoms. The van der Waals surface area contributed by atoms with Crippen molar-refractivity contribution < 1.29 is 4.79 Å². The Morgan fingerprint density at radius 3 is 2.60 bits per heavy atom. The zero-order valence-electron chi connectivity index (χ0n) is 5.75. The van der Waals surface area contributed by atoms with Gasteiger partial charge in [0.25, 0.3) is 0 Å². The van der Waals surface area contributed by atoms with E-state index in [9.17, 15) is 4.79 Å². The van der Waals surface area contributed by atoms with Crippen molar-refractivity contribution in [3.8, 4) is 0 Å². The van der Waals surface area contributed by atoms with Crippen LogP contribution in [-0.4, -0.2) is 30.0 Å². The minimum atomic E-state index is -0.531. The maximum absolute atomic E-state index is 10.3. The third-order valence-corrected chi connectivity index (χ3v) is 2.04. The van der Waals surface area contributed by atoms with Crippen LogP contribution >= 0.6 is 11.8 Å². The van der Waals surface area contributed by atoms with E-state index in [4.69, 9.17) is 17.2 Å². The fraction of sp³-hybridized carbons (Fsp3) is 0.800. The lowest BCUT2D eigenvalue weighted by molar-refractivity contribution is -0.118. The van der Waals surface area contributed by atoms with E-state index >= 15 is 0 Å². The summed E-state index contributed by atoms with van der Waals surface area (Å²) in [5.74, 6) is 0.928. The molecule has 0 aliphatic rings. The van der Waals surface area contributed by atoms with E-state index in [1.807, 2.05) is 0 Å². The molecule has 0 heterocycles. The molecule has 10 heavy (non-hydrogen) atoms. The number of nitrogens with two attached hydrogens (primary N) is 3. The van der Waals surface area contributed by atoms with Gasteiger partial charge in [-0.1, -0.05) is 0 Å². The van der Waals surface area contributed by atoms with Crippen molar-refractivity contribution in [1.82, 2.24) is 0 Å². The number of primary amides is 1. The normalized spacial score (nSPS) is 13.0. The van der Waals surface area contributed by atoms with Crippen molar-refractivity contribution in [2.75, 3.05) is 18.1 Å². The van der Waals surface area contributed by atoms with E-state index in [0.717, 1.165) is 5.75 Å². The Bertz CT molecular complexity index is 109. The van der Waals surface area contributed by atoms with Gasteiger partial charge >= 0.3 is 0 Å². The zero-order chi connectivity index (χ0) is 7.98. The molecule has 5 heteroatoms. The average molecular weight is 163 g/mol. The van der Waals surface area contributed by atoms with Crippen LogP contribution in [0.15, 0.2) is 0 Å². The minimum absolute atomic E-state index is 0.454. The van der Waals surface area contributed by atoms with Crippen LogP contribution in [0.2, 0.25) is 0 Å². The quantitative estimate of drug-likeness (QED) is 0.429. The third kappa shape index (κ3) is 4.60. The summed E-state index contributed by atoms with van der Waals surface area (Å²) in [5.41, 5.74) is 15.4. The summed E-state index contributed by atoms with van der Waals surface area (Å²) in [4.78, 5) is 10.3. The number of thioether (sulfide) groups is 1. The summed E-state index contributed by atoms with van der Waals surface area (Å²) in [6.45, 7) is 0.607. The predicted octanol–water partition coefficient (Wildman–Crippen LogP) is -1.51. The van der Waals surface area contributed by atoms with Gasteiger partial charge in [-0.25, -0.2) is 0 Å². The Morgan fingerprint density at radius 1 is 1.60 bits per heavy atom. The Kier molecular flexibility index (Phi) is 5.38. The Hall–Kier alpha value is -0.260. The minimum Gasteiger partial charge on any atom is -0.368 e. The number of rotatable bonds is 5. The molecule has 4 nitrogen and oxygen atoms in total. The van der Waals surface area contributed by atoms with Gasteiger partial charge in [-0.3, -0.25) is 4.79 Å². The highest BCUT2D eigenvalue weighted by atomic mass is 32.2. The van der Waals surface area contributed by atoms with Crippen LogP contribution in [0.25, 0.3) is 0 Å². The van der Waals surface area contributed by atoms with Crippen LogP contribution in [0.1, 0.15) is 0 Å². The molecule has 0 saturated heterocycles. The summed E-state index contributed by atoms with van der Waals surface area (Å²) in [6.07, 6.45) is 0. The molecule has 0 radical (unpaired) electrons. The topological polar surface area (TPSA) is 95.1 Å². The van der Waals surface area contributed by atoms with Crippen molar-refractivity contribution >= 4 is 17.7 Å². The number of hydrogen-bond donors (Lipinski definition) is 3. The standard InChI is InChI=1S/C5H13N3OS/c6-1-2-10-3-4(7)5(8)9/h4H,1-3,6-7H2,(H2,8,9)/t4-/m0/s1. The predicted molar refractivity (Wildman–Crippen MR) is 43.5 cm³/mol. The van der Waals surface area contributed by atoms with E-state index in [-0.39, 0.29) is 0 Å². The second kappa shape index (κ2) is 5.52. The first-order chi connectivity index (χ1) is 4.68. The summed E-state index contributed by atoms with van der Waals surface area (Å²) in [7, 11) is 0. The van der Waals surface area contributed by atoms with Gasteiger partial charge in [0.15, 0.2) is 0 Å². The first-order valence-electron chi connectivity index (χ1n) is 3.01. The highest BCUT2D eigenvalue weighted by Gasteiger charge is 2.07. The summed E-state index contributed by atoms with van der Waals surface area (Å²) in [6, 6.07) is -0.531. The summed E-state index contributed by atoms with van der Waals surface area (Å²) >= 11 is 1.54. The maximum atomic E-state index is 10.3. The molecule has 60 valence electrons. The number of hydrogen-bond acceptors (Lipinski definition) is 4. The molecule has 0 rings (SSSR count). The van der Waals surface area contributed by atoms with Crippen molar-refractivity contribution in [2.24, 2.45) is 17.2 Å². The van der Waals surface area contributed by atoms with Gasteiger partial charge in [-0.2, -0.15) is 11.8 Å². The fourth-order valence-corrected chi connectivity index (χ4v) is 1.13. The molecule has 6 N–H and O–H groups in total. The van der Waals surface area contributed by atoms with E-state index in [1.165, 1.54) is 11.8 Å². The van der Waals surface area contributed by atoms with Gasteiger partial charge in [-0.05, 0) is 0 Å². The van der Waals surface area contributed by atoms with E-state index < -0.39 is 11.9 Å². The van der Waals surface area contributed by atoms with Crippen LogP contribution in [0.3, 0.4) is 0 Å². The SMILES string of the molecule is NCCSC[C@H](N)C(N)=O. The summed E-state index contributed by atoms with van der Waals surface area (Å²) in [5, 5.41) is 0. The molecule has 0 bridgehead atoms. The van der Waals surface area contributed by atoms with Crippen LogP contribution in [-0.2, 0) is 4.79 Å². The van der Waals surface area contributed by atoms with Gasteiger partial charge in [0.2, 0.25) is 5.91 Å². The maximum Gasteiger partial charge on any atom is 0.235 e. The van der Waals surface area contributed by atoms with E-state index in [1.54, 1.807) is 0 Å². The van der Waals surface area contributed by atoms with E-state index in [0.29, 0.717) is 12.3 Å². The fourth-order valence-electron chi connectivity index (χ4n) is 0.376. The van der Waals surface area contributed by atoms with Crippen LogP contribution in [0.5, 0.6) is 0 Å². The number of amides is 1. The summed E-state index contributed by atoms with van der Waals surface area (Å²) < 4.78 is 0. The lowest BCUT2D eigenvalue weighted by Crippen LogP contribution is -2.38. The van der Waals surface area contributed by atoms with Gasteiger partial charge in [0, 0.05) is 18.1 Å². The van der Waals surface area contributed by atoms with Crippen molar-refractivity contribution in [3.05, 3.63) is 0 Å². The number of carbonyl (C=O) groups is 1. The van der Waals surface area contributed by atoms with Gasteiger partial charge in [0.05, 0.1) is 6.04 Å². The zero-order valence-corrected chi connectivity index (χ0v) is 6.56. The Morgan fingerprint density at radius 2 is 2.20 bits per heavy atom. The van der Waals surface area contributed by atoms with Crippen molar-refractivity contribution in [3.63, 3.8) is 0 Å². The molecule has 0 saturated carbocycles. The molecule has 0 aliphatic heterocycles. The monoisotopic (exact) mass is 163 g/mol. The van der Waals surface area contributed by atoms with Crippen LogP contribution in [0.4, 0.5) is 0 Å². The molecule has 1 amide bonds. The average Bonchev–Trinajstić information content (AvgIpc) is 1.88. The second-order valence-corrected chi connectivity index (χ2v) is 3.02. The highest BCUT2D eigenvalue weighted by Crippen LogP contribution is 1.98. The van der Waals surface area contributed by atoms with Crippen LogP contribution < -0.4 is 17.2 Å².